The maximum absolute atomic E-state index is 12.3. The number of benzene rings is 1. The van der Waals surface area contributed by atoms with Gasteiger partial charge in [-0.15, -0.1) is 0 Å². The quantitative estimate of drug-likeness (QED) is 0.928. The molecule has 1 aliphatic rings. The molecule has 2 rings (SSSR count). The van der Waals surface area contributed by atoms with E-state index >= 15 is 0 Å². The van der Waals surface area contributed by atoms with Crippen LogP contribution in [0.1, 0.15) is 38.3 Å². The van der Waals surface area contributed by atoms with Crippen LogP contribution < -0.4 is 0 Å². The number of aliphatic carboxylic acids is 1. The highest BCUT2D eigenvalue weighted by Gasteiger charge is 2.41. The summed E-state index contributed by atoms with van der Waals surface area (Å²) in [7, 11) is 0. The fourth-order valence-corrected chi connectivity index (χ4v) is 2.88. The molecule has 2 unspecified atom stereocenters. The number of amides is 1. The van der Waals surface area contributed by atoms with Gasteiger partial charge in [0.2, 0.25) is 0 Å². The number of nitrogens with zero attached hydrogens (tertiary/aromatic N) is 1. The Balaban J connectivity index is 2.06. The van der Waals surface area contributed by atoms with Crippen LogP contribution in [0.2, 0.25) is 0 Å². The Morgan fingerprint density at radius 3 is 2.39 bits per heavy atom. The van der Waals surface area contributed by atoms with E-state index in [4.69, 9.17) is 4.74 Å². The van der Waals surface area contributed by atoms with Crippen molar-refractivity contribution in [3.63, 3.8) is 0 Å². The van der Waals surface area contributed by atoms with Gasteiger partial charge >= 0.3 is 12.1 Å². The van der Waals surface area contributed by atoms with Crippen LogP contribution >= 0.6 is 0 Å². The van der Waals surface area contributed by atoms with Gasteiger partial charge in [-0.1, -0.05) is 29.8 Å². The lowest BCUT2D eigenvalue weighted by atomic mass is 9.96. The molecular weight excluding hydrogens is 294 g/mol. The number of hydrogen-bond acceptors (Lipinski definition) is 3. The number of carboxylic acid groups (broad SMARTS) is 1. The van der Waals surface area contributed by atoms with Crippen molar-refractivity contribution >= 4 is 12.1 Å². The monoisotopic (exact) mass is 319 g/mol. The lowest BCUT2D eigenvalue weighted by Crippen LogP contribution is -2.43. The molecule has 2 atom stereocenters. The summed E-state index contributed by atoms with van der Waals surface area (Å²) >= 11 is 0. The third-order valence-corrected chi connectivity index (χ3v) is 3.95. The lowest BCUT2D eigenvalue weighted by molar-refractivity contribution is -0.142. The maximum Gasteiger partial charge on any atom is 0.411 e. The van der Waals surface area contributed by atoms with Crippen molar-refractivity contribution in [3.8, 4) is 0 Å². The molecule has 0 spiro atoms. The van der Waals surface area contributed by atoms with Gasteiger partial charge in [-0.25, -0.2) is 9.59 Å². The van der Waals surface area contributed by atoms with Crippen LogP contribution in [0.5, 0.6) is 0 Å². The number of rotatable bonds is 3. The van der Waals surface area contributed by atoms with E-state index in [0.29, 0.717) is 13.0 Å². The van der Waals surface area contributed by atoms with Gasteiger partial charge < -0.3 is 9.84 Å². The zero-order valence-electron chi connectivity index (χ0n) is 14.2. The Morgan fingerprint density at radius 1 is 1.26 bits per heavy atom. The molecule has 0 aliphatic carbocycles. The van der Waals surface area contributed by atoms with Gasteiger partial charge in [0.15, 0.2) is 0 Å². The lowest BCUT2D eigenvalue weighted by Gasteiger charge is -2.26. The molecule has 1 saturated heterocycles. The second-order valence-corrected chi connectivity index (χ2v) is 7.28. The van der Waals surface area contributed by atoms with E-state index in [1.165, 1.54) is 10.5 Å². The molecule has 1 N–H and O–H groups in total. The molecule has 5 nitrogen and oxygen atoms in total. The van der Waals surface area contributed by atoms with Gasteiger partial charge in [0.1, 0.15) is 11.6 Å². The molecule has 1 aliphatic heterocycles. The van der Waals surface area contributed by atoms with Crippen LogP contribution in [0, 0.1) is 12.8 Å². The molecule has 1 aromatic rings. The van der Waals surface area contributed by atoms with Crippen molar-refractivity contribution in [2.24, 2.45) is 5.92 Å². The highest BCUT2D eigenvalue weighted by atomic mass is 16.6. The van der Waals surface area contributed by atoms with E-state index in [9.17, 15) is 14.7 Å². The van der Waals surface area contributed by atoms with E-state index in [1.54, 1.807) is 20.8 Å². The summed E-state index contributed by atoms with van der Waals surface area (Å²) in [4.78, 5) is 25.1. The van der Waals surface area contributed by atoms with Crippen LogP contribution in [-0.4, -0.2) is 40.3 Å². The molecule has 0 bridgehead atoms. The molecule has 0 aromatic heterocycles. The van der Waals surface area contributed by atoms with Crippen molar-refractivity contribution in [1.82, 2.24) is 4.90 Å². The van der Waals surface area contributed by atoms with Crippen molar-refractivity contribution < 1.29 is 19.4 Å². The number of likely N-dealkylation sites (tertiary alicyclic amines) is 1. The third kappa shape index (κ3) is 4.71. The molecule has 1 amide bonds. The predicted molar refractivity (Wildman–Crippen MR) is 87.4 cm³/mol. The van der Waals surface area contributed by atoms with Crippen molar-refractivity contribution in [3.05, 3.63) is 35.4 Å². The molecule has 1 heterocycles. The van der Waals surface area contributed by atoms with E-state index in [0.717, 1.165) is 12.0 Å². The minimum Gasteiger partial charge on any atom is -0.480 e. The van der Waals surface area contributed by atoms with E-state index < -0.39 is 23.7 Å². The first-order chi connectivity index (χ1) is 10.7. The van der Waals surface area contributed by atoms with E-state index in [1.807, 2.05) is 19.1 Å². The molecule has 126 valence electrons. The highest BCUT2D eigenvalue weighted by Crippen LogP contribution is 2.28. The van der Waals surface area contributed by atoms with Gasteiger partial charge in [-0.2, -0.15) is 0 Å². The second-order valence-electron chi connectivity index (χ2n) is 7.28. The molecule has 0 saturated carbocycles. The number of ether oxygens (including phenoxy) is 1. The van der Waals surface area contributed by atoms with Crippen LogP contribution in [0.3, 0.4) is 0 Å². The highest BCUT2D eigenvalue weighted by molar-refractivity contribution is 5.81. The summed E-state index contributed by atoms with van der Waals surface area (Å²) < 4.78 is 5.34. The molecule has 5 heteroatoms. The van der Waals surface area contributed by atoms with Crippen molar-refractivity contribution in [2.45, 2.75) is 52.2 Å². The van der Waals surface area contributed by atoms with Crippen LogP contribution in [-0.2, 0) is 16.0 Å². The Bertz CT molecular complexity index is 574. The number of aryl methyl sites for hydroxylation is 1. The van der Waals surface area contributed by atoms with Crippen LogP contribution in [0.4, 0.5) is 4.79 Å². The van der Waals surface area contributed by atoms with E-state index in [-0.39, 0.29) is 5.92 Å². The van der Waals surface area contributed by atoms with Gasteiger partial charge in [-0.3, -0.25) is 4.90 Å². The summed E-state index contributed by atoms with van der Waals surface area (Å²) in [5.74, 6) is -0.839. The average Bonchev–Trinajstić information content (AvgIpc) is 2.84. The maximum atomic E-state index is 12.3. The minimum atomic E-state index is -0.970. The van der Waals surface area contributed by atoms with Crippen LogP contribution in [0.15, 0.2) is 24.3 Å². The second kappa shape index (κ2) is 6.60. The molecule has 1 aromatic carbocycles. The van der Waals surface area contributed by atoms with Gasteiger partial charge in [0.25, 0.3) is 0 Å². The summed E-state index contributed by atoms with van der Waals surface area (Å²) in [5.41, 5.74) is 1.73. The van der Waals surface area contributed by atoms with E-state index in [2.05, 4.69) is 12.1 Å². The topological polar surface area (TPSA) is 66.8 Å². The van der Waals surface area contributed by atoms with Crippen LogP contribution in [0.25, 0.3) is 0 Å². The number of carboxylic acids is 1. The SMILES string of the molecule is Cc1ccc(CC2CC(C(=O)O)N(C(=O)OC(C)(C)C)C2)cc1. The minimum absolute atomic E-state index is 0.131. The molecule has 0 radical (unpaired) electrons. The van der Waals surface area contributed by atoms with Crippen molar-refractivity contribution in [2.75, 3.05) is 6.54 Å². The fourth-order valence-electron chi connectivity index (χ4n) is 2.88. The average molecular weight is 319 g/mol. The summed E-state index contributed by atoms with van der Waals surface area (Å²) in [6.45, 7) is 7.78. The van der Waals surface area contributed by atoms with Gasteiger partial charge in [-0.05, 0) is 52.0 Å². The van der Waals surface area contributed by atoms with Gasteiger partial charge in [0.05, 0.1) is 0 Å². The summed E-state index contributed by atoms with van der Waals surface area (Å²) in [6, 6.07) is 7.40. The third-order valence-electron chi connectivity index (χ3n) is 3.95. The summed E-state index contributed by atoms with van der Waals surface area (Å²) in [5, 5.41) is 9.40. The molecule has 23 heavy (non-hydrogen) atoms. The number of hydrogen-bond donors (Lipinski definition) is 1. The largest absolute Gasteiger partial charge is 0.480 e. The zero-order chi connectivity index (χ0) is 17.2. The first kappa shape index (κ1) is 17.3. The summed E-state index contributed by atoms with van der Waals surface area (Å²) in [6.07, 6.45) is 0.683. The smallest absolute Gasteiger partial charge is 0.411 e. The van der Waals surface area contributed by atoms with Gasteiger partial charge in [0, 0.05) is 6.54 Å². The van der Waals surface area contributed by atoms with Crippen molar-refractivity contribution in [1.29, 1.82) is 0 Å². The standard InChI is InChI=1S/C18H25NO4/c1-12-5-7-13(8-6-12)9-14-10-15(16(20)21)19(11-14)17(22)23-18(2,3)4/h5-8,14-15H,9-11H2,1-4H3,(H,20,21). The first-order valence-corrected chi connectivity index (χ1v) is 7.93. The molecular formula is C18H25NO4. The zero-order valence-corrected chi connectivity index (χ0v) is 14.2. The normalized spacial score (nSPS) is 21.3. The predicted octanol–water partition coefficient (Wildman–Crippen LogP) is 3.25. The molecule has 1 fully saturated rings. The fraction of sp³-hybridized carbons (Fsp3) is 0.556. The number of carbonyl (C=O) groups is 2. The number of carbonyl (C=O) groups excluding carboxylic acids is 1. The Hall–Kier alpha value is -2.04. The Kier molecular flexibility index (Phi) is 4.97. The Morgan fingerprint density at radius 2 is 1.87 bits per heavy atom. The first-order valence-electron chi connectivity index (χ1n) is 7.93. The Labute approximate surface area is 137 Å².